The second-order valence-electron chi connectivity index (χ2n) is 6.36. The van der Waals surface area contributed by atoms with Crippen LogP contribution in [0.25, 0.3) is 11.0 Å². The number of rotatable bonds is 4. The fourth-order valence-electron chi connectivity index (χ4n) is 3.59. The first-order chi connectivity index (χ1) is 13.1. The molecule has 1 aromatic heterocycles. The highest BCUT2D eigenvalue weighted by Gasteiger charge is 2.34. The van der Waals surface area contributed by atoms with Crippen molar-refractivity contribution in [3.8, 4) is 11.5 Å². The Morgan fingerprint density at radius 2 is 1.96 bits per heavy atom. The molecule has 1 aliphatic heterocycles. The minimum atomic E-state index is -0.159. The van der Waals surface area contributed by atoms with Crippen LogP contribution in [0.3, 0.4) is 0 Å². The van der Waals surface area contributed by atoms with Gasteiger partial charge in [0.25, 0.3) is 0 Å². The van der Waals surface area contributed by atoms with Gasteiger partial charge in [0.05, 0.1) is 43.2 Å². The van der Waals surface area contributed by atoms with E-state index in [4.69, 9.17) is 13.9 Å². The summed E-state index contributed by atoms with van der Waals surface area (Å²) in [6.07, 6.45) is 2.18. The maximum absolute atomic E-state index is 12.2. The van der Waals surface area contributed by atoms with E-state index in [1.165, 1.54) is 11.9 Å². The standard InChI is InChI=1S/C21H20N2O4/c1-13(24)23-17(14-7-5-4-6-8-14)11-16(22-23)20-19(25-2)12-18-15(9-10-27-18)21(20)26-3/h4-10,12,17H,11H2,1-3H3/t17-/m0/s1. The van der Waals surface area contributed by atoms with Crippen molar-refractivity contribution in [2.45, 2.75) is 19.4 Å². The smallest absolute Gasteiger partial charge is 0.240 e. The summed E-state index contributed by atoms with van der Waals surface area (Å²) < 4.78 is 16.8. The first-order valence-corrected chi connectivity index (χ1v) is 8.68. The van der Waals surface area contributed by atoms with Crippen molar-refractivity contribution in [3.63, 3.8) is 0 Å². The molecule has 1 amide bonds. The lowest BCUT2D eigenvalue weighted by Crippen LogP contribution is -2.24. The zero-order chi connectivity index (χ0) is 19.0. The number of amides is 1. The van der Waals surface area contributed by atoms with Crippen LogP contribution in [0.5, 0.6) is 11.5 Å². The molecule has 0 N–H and O–H groups in total. The minimum Gasteiger partial charge on any atom is -0.496 e. The fourth-order valence-corrected chi connectivity index (χ4v) is 3.59. The number of hydrogen-bond acceptors (Lipinski definition) is 5. The molecule has 138 valence electrons. The molecule has 4 rings (SSSR count). The number of methoxy groups -OCH3 is 2. The lowest BCUT2D eigenvalue weighted by Gasteiger charge is -2.20. The molecule has 0 fully saturated rings. The molecule has 6 nitrogen and oxygen atoms in total. The van der Waals surface area contributed by atoms with Crippen molar-refractivity contribution in [1.82, 2.24) is 5.01 Å². The van der Waals surface area contributed by atoms with Gasteiger partial charge in [-0.15, -0.1) is 0 Å². The van der Waals surface area contributed by atoms with Crippen molar-refractivity contribution >= 4 is 22.6 Å². The molecule has 6 heteroatoms. The normalized spacial score (nSPS) is 16.5. The number of hydrazone groups is 1. The molecule has 1 atom stereocenters. The molecule has 1 aliphatic rings. The van der Waals surface area contributed by atoms with E-state index < -0.39 is 0 Å². The average Bonchev–Trinajstić information content (AvgIpc) is 3.34. The maximum Gasteiger partial charge on any atom is 0.240 e. The van der Waals surface area contributed by atoms with Crippen LogP contribution in [-0.2, 0) is 4.79 Å². The third-order valence-corrected chi connectivity index (χ3v) is 4.81. The summed E-state index contributed by atoms with van der Waals surface area (Å²) in [4.78, 5) is 12.2. The van der Waals surface area contributed by atoms with Crippen LogP contribution in [0.4, 0.5) is 0 Å². The summed E-state index contributed by atoms with van der Waals surface area (Å²) in [5.74, 6) is 1.13. The zero-order valence-electron chi connectivity index (χ0n) is 15.4. The van der Waals surface area contributed by atoms with Gasteiger partial charge in [0.1, 0.15) is 17.1 Å². The van der Waals surface area contributed by atoms with E-state index in [2.05, 4.69) is 5.10 Å². The van der Waals surface area contributed by atoms with Crippen LogP contribution >= 0.6 is 0 Å². The van der Waals surface area contributed by atoms with Crippen molar-refractivity contribution in [1.29, 1.82) is 0 Å². The van der Waals surface area contributed by atoms with Gasteiger partial charge in [0.2, 0.25) is 5.91 Å². The number of benzene rings is 2. The Bertz CT molecular complexity index is 1020. The summed E-state index contributed by atoms with van der Waals surface area (Å²) in [5, 5.41) is 7.01. The molecular weight excluding hydrogens is 344 g/mol. The van der Waals surface area contributed by atoms with Crippen LogP contribution in [-0.4, -0.2) is 30.8 Å². The summed E-state index contributed by atoms with van der Waals surface area (Å²) in [6.45, 7) is 1.52. The van der Waals surface area contributed by atoms with Crippen molar-refractivity contribution in [2.24, 2.45) is 5.10 Å². The maximum atomic E-state index is 12.2. The topological polar surface area (TPSA) is 64.3 Å². The van der Waals surface area contributed by atoms with E-state index in [1.807, 2.05) is 42.5 Å². The number of carbonyl (C=O) groups is 1. The summed E-state index contributed by atoms with van der Waals surface area (Å²) in [6, 6.07) is 13.4. The number of fused-ring (bicyclic) bond motifs is 1. The number of carbonyl (C=O) groups excluding carboxylic acids is 1. The molecule has 0 saturated heterocycles. The molecule has 0 aliphatic carbocycles. The highest BCUT2D eigenvalue weighted by Crippen LogP contribution is 2.42. The molecular formula is C21H20N2O4. The molecule has 0 radical (unpaired) electrons. The highest BCUT2D eigenvalue weighted by molar-refractivity contribution is 6.11. The predicted octanol–water partition coefficient (Wildman–Crippen LogP) is 4.15. The average molecular weight is 364 g/mol. The SMILES string of the molecule is COc1cc2occc2c(OC)c1C1=NN(C(C)=O)[C@H](c2ccccc2)C1. The molecule has 0 spiro atoms. The molecule has 3 aromatic rings. The Morgan fingerprint density at radius 1 is 1.19 bits per heavy atom. The van der Waals surface area contributed by atoms with Gasteiger partial charge in [-0.3, -0.25) is 4.79 Å². The van der Waals surface area contributed by atoms with Gasteiger partial charge in [-0.1, -0.05) is 30.3 Å². The molecule has 2 aromatic carbocycles. The van der Waals surface area contributed by atoms with Crippen molar-refractivity contribution in [2.75, 3.05) is 14.2 Å². The van der Waals surface area contributed by atoms with Crippen LogP contribution in [0.15, 0.2) is 58.2 Å². The van der Waals surface area contributed by atoms with E-state index in [0.29, 0.717) is 23.5 Å². The van der Waals surface area contributed by atoms with Gasteiger partial charge in [0, 0.05) is 19.4 Å². The molecule has 0 unspecified atom stereocenters. The Hall–Kier alpha value is -3.28. The lowest BCUT2D eigenvalue weighted by atomic mass is 9.96. The number of hydrogen-bond donors (Lipinski definition) is 0. The van der Waals surface area contributed by atoms with Crippen LogP contribution in [0, 0.1) is 0 Å². The van der Waals surface area contributed by atoms with E-state index in [-0.39, 0.29) is 11.9 Å². The number of furan rings is 1. The number of nitrogens with zero attached hydrogens (tertiary/aromatic N) is 2. The van der Waals surface area contributed by atoms with Gasteiger partial charge in [-0.2, -0.15) is 5.10 Å². The van der Waals surface area contributed by atoms with Gasteiger partial charge in [-0.25, -0.2) is 5.01 Å². The van der Waals surface area contributed by atoms with Crippen LogP contribution in [0.1, 0.15) is 30.5 Å². The molecule has 0 bridgehead atoms. The van der Waals surface area contributed by atoms with Gasteiger partial charge < -0.3 is 13.9 Å². The van der Waals surface area contributed by atoms with Gasteiger partial charge >= 0.3 is 0 Å². The second-order valence-corrected chi connectivity index (χ2v) is 6.36. The zero-order valence-corrected chi connectivity index (χ0v) is 15.4. The van der Waals surface area contributed by atoms with Crippen molar-refractivity contribution in [3.05, 3.63) is 59.9 Å². The summed E-state index contributed by atoms with van der Waals surface area (Å²) >= 11 is 0. The first kappa shape index (κ1) is 17.1. The quantitative estimate of drug-likeness (QED) is 0.698. The Morgan fingerprint density at radius 3 is 2.63 bits per heavy atom. The monoisotopic (exact) mass is 364 g/mol. The molecule has 0 saturated carbocycles. The molecule has 27 heavy (non-hydrogen) atoms. The Kier molecular flexibility index (Phi) is 4.32. The number of ether oxygens (including phenoxy) is 2. The van der Waals surface area contributed by atoms with E-state index in [1.54, 1.807) is 20.5 Å². The summed E-state index contributed by atoms with van der Waals surface area (Å²) in [7, 11) is 3.21. The lowest BCUT2D eigenvalue weighted by molar-refractivity contribution is -0.130. The third kappa shape index (κ3) is 2.83. The fraction of sp³-hybridized carbons (Fsp3) is 0.238. The van der Waals surface area contributed by atoms with Crippen molar-refractivity contribution < 1.29 is 18.7 Å². The van der Waals surface area contributed by atoms with E-state index >= 15 is 0 Å². The Labute approximate surface area is 157 Å². The van der Waals surface area contributed by atoms with E-state index in [0.717, 1.165) is 22.2 Å². The predicted molar refractivity (Wildman–Crippen MR) is 102 cm³/mol. The van der Waals surface area contributed by atoms with Crippen LogP contribution < -0.4 is 9.47 Å². The minimum absolute atomic E-state index is 0.110. The summed E-state index contributed by atoms with van der Waals surface area (Å²) in [5.41, 5.74) is 3.21. The molecule has 2 heterocycles. The van der Waals surface area contributed by atoms with Gasteiger partial charge in [0.15, 0.2) is 0 Å². The second kappa shape index (κ2) is 6.79. The van der Waals surface area contributed by atoms with Crippen LogP contribution in [0.2, 0.25) is 0 Å². The highest BCUT2D eigenvalue weighted by atomic mass is 16.5. The van der Waals surface area contributed by atoms with Gasteiger partial charge in [-0.05, 0) is 11.6 Å². The largest absolute Gasteiger partial charge is 0.496 e. The Balaban J connectivity index is 1.86. The first-order valence-electron chi connectivity index (χ1n) is 8.68. The van der Waals surface area contributed by atoms with E-state index in [9.17, 15) is 4.79 Å². The third-order valence-electron chi connectivity index (χ3n) is 4.81.